The van der Waals surface area contributed by atoms with Crippen LogP contribution in [0.15, 0.2) is 47.4 Å². The maximum atomic E-state index is 13.3. The first-order valence-corrected chi connectivity index (χ1v) is 12.7. The summed E-state index contributed by atoms with van der Waals surface area (Å²) in [6.07, 6.45) is 2.91. The summed E-state index contributed by atoms with van der Waals surface area (Å²) < 4.78 is 25.1. The third-order valence-electron chi connectivity index (χ3n) is 5.74. The number of allylic oxidation sites excluding steroid dienone is 3. The lowest BCUT2D eigenvalue weighted by Gasteiger charge is -2.39. The second-order valence-corrected chi connectivity index (χ2v) is 11.3. The topological polar surface area (TPSA) is 145 Å². The van der Waals surface area contributed by atoms with Crippen molar-refractivity contribution >= 4 is 39.2 Å². The van der Waals surface area contributed by atoms with Crippen molar-refractivity contribution in [1.29, 1.82) is 0 Å². The van der Waals surface area contributed by atoms with Gasteiger partial charge in [-0.15, -0.1) is 0 Å². The zero-order chi connectivity index (χ0) is 25.4. The number of hydrogen-bond acceptors (Lipinski definition) is 6. The van der Waals surface area contributed by atoms with Crippen LogP contribution in [0.4, 0.5) is 16.2 Å². The average molecular weight is 491 g/mol. The molecule has 0 bridgehead atoms. The molecule has 1 heterocycles. The molecule has 1 saturated heterocycles. The highest BCUT2D eigenvalue weighted by Crippen LogP contribution is 2.42. The van der Waals surface area contributed by atoms with Crippen molar-refractivity contribution in [2.75, 3.05) is 22.8 Å². The number of hydrogen-bond donors (Lipinski definition) is 4. The minimum absolute atomic E-state index is 0.0786. The molecular formula is C23H30N4O6S. The number of aliphatic hydroxyl groups is 1. The Morgan fingerprint density at radius 3 is 2.26 bits per heavy atom. The van der Waals surface area contributed by atoms with E-state index in [4.69, 9.17) is 0 Å². The van der Waals surface area contributed by atoms with Crippen LogP contribution in [-0.2, 0) is 19.6 Å². The van der Waals surface area contributed by atoms with Crippen LogP contribution in [0.1, 0.15) is 34.1 Å². The van der Waals surface area contributed by atoms with Gasteiger partial charge in [-0.05, 0) is 41.3 Å². The minimum atomic E-state index is -3.43. The Hall–Kier alpha value is -3.34. The molecule has 34 heavy (non-hydrogen) atoms. The maximum absolute atomic E-state index is 13.3. The number of amides is 4. The van der Waals surface area contributed by atoms with Crippen LogP contribution < -0.4 is 15.4 Å². The molecule has 11 heteroatoms. The van der Waals surface area contributed by atoms with Crippen LogP contribution >= 0.6 is 0 Å². The summed E-state index contributed by atoms with van der Waals surface area (Å²) in [6, 6.07) is 5.56. The summed E-state index contributed by atoms with van der Waals surface area (Å²) in [4.78, 5) is 38.9. The van der Waals surface area contributed by atoms with Crippen molar-refractivity contribution in [3.05, 3.63) is 47.4 Å². The first-order valence-electron chi connectivity index (χ1n) is 10.8. The number of nitrogens with zero attached hydrogens (tertiary/aromatic N) is 1. The number of imide groups is 1. The Morgan fingerprint density at radius 2 is 1.74 bits per heavy atom. The third-order valence-corrected chi connectivity index (χ3v) is 6.35. The van der Waals surface area contributed by atoms with Crippen molar-refractivity contribution in [3.8, 4) is 0 Å². The van der Waals surface area contributed by atoms with E-state index in [2.05, 4.69) is 15.4 Å². The van der Waals surface area contributed by atoms with E-state index >= 15 is 0 Å². The summed E-state index contributed by atoms with van der Waals surface area (Å²) in [7, 11) is -3.43. The quantitative estimate of drug-likeness (QED) is 0.499. The van der Waals surface area contributed by atoms with Gasteiger partial charge in [0.25, 0.3) is 0 Å². The second kappa shape index (κ2) is 9.13. The lowest BCUT2D eigenvalue weighted by atomic mass is 9.74. The SMILES string of the molecule is CC1C(N2CCC(=O)NC2=O)=CC(C(C)(C)C)=C(O)C1C(=O)Nc1ccc(NS(C)(=O)=O)cc1. The highest BCUT2D eigenvalue weighted by Gasteiger charge is 2.42. The zero-order valence-corrected chi connectivity index (χ0v) is 20.6. The molecule has 1 aliphatic heterocycles. The van der Waals surface area contributed by atoms with Gasteiger partial charge in [-0.2, -0.15) is 0 Å². The van der Waals surface area contributed by atoms with Crippen LogP contribution in [0.2, 0.25) is 0 Å². The summed E-state index contributed by atoms with van der Waals surface area (Å²) in [5, 5.41) is 16.2. The van der Waals surface area contributed by atoms with Crippen molar-refractivity contribution in [2.45, 2.75) is 34.1 Å². The summed E-state index contributed by atoms with van der Waals surface area (Å²) in [5.74, 6) is -2.45. The van der Waals surface area contributed by atoms with E-state index < -0.39 is 39.2 Å². The van der Waals surface area contributed by atoms with E-state index in [1.54, 1.807) is 25.1 Å². The Morgan fingerprint density at radius 1 is 1.15 bits per heavy atom. The Labute approximate surface area is 199 Å². The molecular weight excluding hydrogens is 460 g/mol. The predicted octanol–water partition coefficient (Wildman–Crippen LogP) is 2.95. The van der Waals surface area contributed by atoms with Crippen molar-refractivity contribution < 1.29 is 27.9 Å². The monoisotopic (exact) mass is 490 g/mol. The molecule has 0 saturated carbocycles. The predicted molar refractivity (Wildman–Crippen MR) is 128 cm³/mol. The summed E-state index contributed by atoms with van der Waals surface area (Å²) in [6.45, 7) is 7.61. The van der Waals surface area contributed by atoms with Crippen LogP contribution in [0.3, 0.4) is 0 Å². The van der Waals surface area contributed by atoms with E-state index in [0.717, 1.165) is 6.26 Å². The summed E-state index contributed by atoms with van der Waals surface area (Å²) >= 11 is 0. The number of aliphatic hydroxyl groups excluding tert-OH is 1. The Kier molecular flexibility index (Phi) is 6.79. The molecule has 1 fully saturated rings. The fraction of sp³-hybridized carbons (Fsp3) is 0.435. The molecule has 1 aromatic rings. The molecule has 0 radical (unpaired) electrons. The molecule has 0 aromatic heterocycles. The largest absolute Gasteiger partial charge is 0.511 e. The van der Waals surface area contributed by atoms with Gasteiger partial charge >= 0.3 is 6.03 Å². The number of anilines is 2. The molecule has 4 N–H and O–H groups in total. The molecule has 184 valence electrons. The average Bonchev–Trinajstić information content (AvgIpc) is 2.68. The van der Waals surface area contributed by atoms with Gasteiger partial charge < -0.3 is 10.4 Å². The third kappa shape index (κ3) is 5.58. The van der Waals surface area contributed by atoms with Crippen LogP contribution in [0.25, 0.3) is 0 Å². The number of carbonyl (C=O) groups excluding carboxylic acids is 3. The van der Waals surface area contributed by atoms with Crippen LogP contribution in [0.5, 0.6) is 0 Å². The minimum Gasteiger partial charge on any atom is -0.511 e. The molecule has 3 rings (SSSR count). The maximum Gasteiger partial charge on any atom is 0.328 e. The molecule has 1 aromatic carbocycles. The van der Waals surface area contributed by atoms with Gasteiger partial charge in [0.05, 0.1) is 6.26 Å². The Bertz CT molecular complexity index is 1180. The van der Waals surface area contributed by atoms with E-state index in [-0.39, 0.29) is 24.6 Å². The molecule has 2 aliphatic rings. The van der Waals surface area contributed by atoms with Crippen LogP contribution in [-0.4, -0.2) is 49.1 Å². The van der Waals surface area contributed by atoms with Gasteiger partial charge in [0.2, 0.25) is 21.8 Å². The highest BCUT2D eigenvalue weighted by molar-refractivity contribution is 7.92. The van der Waals surface area contributed by atoms with Gasteiger partial charge in [0.15, 0.2) is 0 Å². The normalized spacial score (nSPS) is 21.7. The van der Waals surface area contributed by atoms with E-state index in [1.807, 2.05) is 20.8 Å². The Balaban J connectivity index is 1.91. The first kappa shape index (κ1) is 25.3. The van der Waals surface area contributed by atoms with Gasteiger partial charge in [0.1, 0.15) is 11.7 Å². The highest BCUT2D eigenvalue weighted by atomic mass is 32.2. The molecule has 4 amide bonds. The molecule has 2 unspecified atom stereocenters. The number of nitrogens with one attached hydrogen (secondary N) is 3. The van der Waals surface area contributed by atoms with Crippen molar-refractivity contribution in [2.24, 2.45) is 17.3 Å². The van der Waals surface area contributed by atoms with Crippen molar-refractivity contribution in [3.63, 3.8) is 0 Å². The van der Waals surface area contributed by atoms with Gasteiger partial charge in [-0.25, -0.2) is 13.2 Å². The smallest absolute Gasteiger partial charge is 0.328 e. The molecule has 0 spiro atoms. The second-order valence-electron chi connectivity index (χ2n) is 9.58. The lowest BCUT2D eigenvalue weighted by Crippen LogP contribution is -2.51. The molecule has 1 aliphatic carbocycles. The van der Waals surface area contributed by atoms with E-state index in [0.29, 0.717) is 22.6 Å². The van der Waals surface area contributed by atoms with Gasteiger partial charge in [-0.3, -0.25) is 24.5 Å². The van der Waals surface area contributed by atoms with E-state index in [9.17, 15) is 27.9 Å². The number of urea groups is 1. The number of benzene rings is 1. The number of sulfonamides is 1. The van der Waals surface area contributed by atoms with Gasteiger partial charge in [-0.1, -0.05) is 27.7 Å². The lowest BCUT2D eigenvalue weighted by molar-refractivity contribution is -0.122. The fourth-order valence-electron chi connectivity index (χ4n) is 4.07. The zero-order valence-electron chi connectivity index (χ0n) is 19.8. The van der Waals surface area contributed by atoms with Crippen LogP contribution in [0, 0.1) is 17.3 Å². The van der Waals surface area contributed by atoms with Crippen molar-refractivity contribution in [1.82, 2.24) is 10.2 Å². The first-order chi connectivity index (χ1) is 15.7. The van der Waals surface area contributed by atoms with Gasteiger partial charge in [0, 0.05) is 36.0 Å². The summed E-state index contributed by atoms with van der Waals surface area (Å²) in [5.41, 5.74) is 1.31. The molecule has 10 nitrogen and oxygen atoms in total. The number of carbonyl (C=O) groups is 3. The van der Waals surface area contributed by atoms with E-state index in [1.165, 1.54) is 17.0 Å². The molecule has 2 atom stereocenters. The number of rotatable bonds is 5. The standard InChI is InChI=1S/C23H30N4O6S/c1-13-17(27-11-10-18(28)25-22(27)31)12-16(23(2,3)4)20(29)19(13)21(30)24-14-6-8-15(9-7-14)26-34(5,32)33/h6-9,12-13,19,26,29H,10-11H2,1-5H3,(H,24,30)(H,25,28,31). The fourth-order valence-corrected chi connectivity index (χ4v) is 4.63.